The van der Waals surface area contributed by atoms with Crippen LogP contribution in [0.3, 0.4) is 0 Å². The van der Waals surface area contributed by atoms with Crippen LogP contribution in [0.25, 0.3) is 5.69 Å². The molecule has 2 aromatic heterocycles. The van der Waals surface area contributed by atoms with Crippen LogP contribution >= 0.6 is 35.4 Å². The van der Waals surface area contributed by atoms with Crippen molar-refractivity contribution in [2.75, 3.05) is 4.90 Å². The summed E-state index contributed by atoms with van der Waals surface area (Å²) >= 11 is 18.0. The average Bonchev–Trinajstić information content (AvgIpc) is 3.42. The summed E-state index contributed by atoms with van der Waals surface area (Å²) in [6.07, 6.45) is 3.58. The van der Waals surface area contributed by atoms with Crippen LogP contribution in [0.2, 0.25) is 10.0 Å². The Morgan fingerprint density at radius 1 is 1.03 bits per heavy atom. The maximum Gasteiger partial charge on any atom is 0.174 e. The number of halogens is 3. The molecule has 1 fully saturated rings. The van der Waals surface area contributed by atoms with Gasteiger partial charge in [-0.3, -0.25) is 4.98 Å². The summed E-state index contributed by atoms with van der Waals surface area (Å²) in [5.41, 5.74) is 2.77. The molecule has 2 atom stereocenters. The van der Waals surface area contributed by atoms with E-state index in [0.29, 0.717) is 21.5 Å². The lowest BCUT2D eigenvalue weighted by molar-refractivity contribution is 0.472. The number of hydrogen-bond acceptors (Lipinski definition) is 3. The number of phenolic OH excluding ortho intramolecular Hbond substituents is 1. The molecule has 166 valence electrons. The minimum absolute atomic E-state index is 0.0258. The molecule has 5 rings (SSSR count). The summed E-state index contributed by atoms with van der Waals surface area (Å²) < 4.78 is 15.7. The number of benzene rings is 2. The molecule has 4 aromatic rings. The fraction of sp³-hybridized carbons (Fsp3) is 0.0833. The molecule has 0 bridgehead atoms. The Hall–Kier alpha value is -3.13. The first-order chi connectivity index (χ1) is 15.9. The van der Waals surface area contributed by atoms with Crippen LogP contribution in [0.1, 0.15) is 23.5 Å². The molecular formula is C24H17Cl2FN4OS. The number of anilines is 1. The second-order valence-corrected chi connectivity index (χ2v) is 8.76. The summed E-state index contributed by atoms with van der Waals surface area (Å²) in [6.45, 7) is 0. The van der Waals surface area contributed by atoms with Crippen molar-refractivity contribution in [2.45, 2.75) is 12.1 Å². The lowest BCUT2D eigenvalue weighted by Crippen LogP contribution is -2.30. The Balaban J connectivity index is 1.70. The van der Waals surface area contributed by atoms with Crippen LogP contribution in [0.5, 0.6) is 5.75 Å². The van der Waals surface area contributed by atoms with Gasteiger partial charge >= 0.3 is 0 Å². The van der Waals surface area contributed by atoms with Gasteiger partial charge in [0.2, 0.25) is 0 Å². The van der Waals surface area contributed by atoms with E-state index in [1.165, 1.54) is 12.1 Å². The molecule has 5 nitrogen and oxygen atoms in total. The second kappa shape index (κ2) is 8.67. The van der Waals surface area contributed by atoms with Crippen molar-refractivity contribution in [3.63, 3.8) is 0 Å². The van der Waals surface area contributed by atoms with E-state index in [0.717, 1.165) is 11.4 Å². The average molecular weight is 499 g/mol. The van der Waals surface area contributed by atoms with Gasteiger partial charge in [0.15, 0.2) is 5.11 Å². The van der Waals surface area contributed by atoms with Crippen molar-refractivity contribution in [1.29, 1.82) is 0 Å². The Labute approximate surface area is 205 Å². The van der Waals surface area contributed by atoms with E-state index < -0.39 is 11.9 Å². The fourth-order valence-electron chi connectivity index (χ4n) is 4.11. The number of hydrogen-bond donors (Lipinski definition) is 2. The van der Waals surface area contributed by atoms with Crippen molar-refractivity contribution < 1.29 is 9.50 Å². The first-order valence-electron chi connectivity index (χ1n) is 10.1. The number of aromatic hydroxyl groups is 1. The molecule has 0 saturated carbocycles. The summed E-state index contributed by atoms with van der Waals surface area (Å²) in [5, 5.41) is 14.9. The molecule has 0 spiro atoms. The molecule has 2 aromatic carbocycles. The van der Waals surface area contributed by atoms with Crippen molar-refractivity contribution in [3.8, 4) is 11.4 Å². The molecule has 0 amide bonds. The van der Waals surface area contributed by atoms with Gasteiger partial charge in [0.05, 0.1) is 22.4 Å². The molecule has 1 aliphatic heterocycles. The number of pyridine rings is 1. The topological polar surface area (TPSA) is 53.3 Å². The van der Waals surface area contributed by atoms with Crippen LogP contribution in [0.4, 0.5) is 10.1 Å². The number of nitrogens with zero attached hydrogens (tertiary/aromatic N) is 3. The second-order valence-electron chi connectivity index (χ2n) is 7.53. The lowest BCUT2D eigenvalue weighted by atomic mass is 10.0. The standard InChI is InChI=1S/C24H17Cl2FN4OS/c25-14-6-9-21(32)20(12-14)31-23(22(29-24(31)33)18-4-1-2-10-28-18)19-5-3-11-30(19)15-7-8-17(27)16(26)13-15/h1-13,22-23,32H,(H,29,33)/t22-,23-/m0/s1. The van der Waals surface area contributed by atoms with E-state index >= 15 is 0 Å². The van der Waals surface area contributed by atoms with Crippen molar-refractivity contribution in [2.24, 2.45) is 0 Å². The van der Waals surface area contributed by atoms with Crippen molar-refractivity contribution in [1.82, 2.24) is 14.9 Å². The molecule has 0 unspecified atom stereocenters. The summed E-state index contributed by atoms with van der Waals surface area (Å²) in [7, 11) is 0. The Morgan fingerprint density at radius 2 is 1.88 bits per heavy atom. The van der Waals surface area contributed by atoms with Crippen LogP contribution in [-0.4, -0.2) is 19.8 Å². The van der Waals surface area contributed by atoms with Crippen LogP contribution in [0, 0.1) is 5.82 Å². The summed E-state index contributed by atoms with van der Waals surface area (Å²) in [4.78, 5) is 6.36. The predicted octanol–water partition coefficient (Wildman–Crippen LogP) is 6.20. The third kappa shape index (κ3) is 3.93. The molecular weight excluding hydrogens is 482 g/mol. The largest absolute Gasteiger partial charge is 0.506 e. The lowest BCUT2D eigenvalue weighted by Gasteiger charge is -2.29. The highest BCUT2D eigenvalue weighted by Crippen LogP contribution is 2.45. The van der Waals surface area contributed by atoms with Gasteiger partial charge in [-0.15, -0.1) is 0 Å². The molecule has 33 heavy (non-hydrogen) atoms. The zero-order chi connectivity index (χ0) is 23.1. The van der Waals surface area contributed by atoms with Gasteiger partial charge in [0, 0.05) is 28.8 Å². The Morgan fingerprint density at radius 3 is 2.64 bits per heavy atom. The molecule has 1 saturated heterocycles. The van der Waals surface area contributed by atoms with Gasteiger partial charge in [0.25, 0.3) is 0 Å². The van der Waals surface area contributed by atoms with E-state index in [4.69, 9.17) is 35.4 Å². The molecule has 1 aliphatic rings. The minimum atomic E-state index is -0.491. The number of nitrogens with one attached hydrogen (secondary N) is 1. The highest BCUT2D eigenvalue weighted by Gasteiger charge is 2.43. The maximum atomic E-state index is 13.8. The van der Waals surface area contributed by atoms with Crippen molar-refractivity contribution >= 4 is 46.2 Å². The van der Waals surface area contributed by atoms with Crippen LogP contribution < -0.4 is 10.2 Å². The minimum Gasteiger partial charge on any atom is -0.506 e. The normalized spacial score (nSPS) is 17.9. The van der Waals surface area contributed by atoms with Gasteiger partial charge in [0.1, 0.15) is 17.6 Å². The number of phenols is 1. The SMILES string of the molecule is Oc1ccc(Cl)cc1N1C(=S)N[C@@H](c2ccccn2)[C@@H]1c1cccn1-c1ccc(F)c(Cl)c1. The van der Waals surface area contributed by atoms with Crippen LogP contribution in [0.15, 0.2) is 79.1 Å². The maximum absolute atomic E-state index is 13.8. The van der Waals surface area contributed by atoms with Crippen LogP contribution in [-0.2, 0) is 0 Å². The molecule has 0 aliphatic carbocycles. The van der Waals surface area contributed by atoms with E-state index in [-0.39, 0.29) is 16.8 Å². The van der Waals surface area contributed by atoms with Gasteiger partial charge in [-0.1, -0.05) is 29.3 Å². The zero-order valence-corrected chi connectivity index (χ0v) is 19.3. The predicted molar refractivity (Wildman–Crippen MR) is 132 cm³/mol. The van der Waals surface area contributed by atoms with E-state index in [2.05, 4.69) is 10.3 Å². The zero-order valence-electron chi connectivity index (χ0n) is 17.0. The fourth-order valence-corrected chi connectivity index (χ4v) is 4.79. The highest BCUT2D eigenvalue weighted by atomic mass is 35.5. The third-order valence-corrected chi connectivity index (χ3v) is 6.40. The van der Waals surface area contributed by atoms with E-state index in [9.17, 15) is 9.50 Å². The van der Waals surface area contributed by atoms with E-state index in [1.54, 1.807) is 30.5 Å². The monoisotopic (exact) mass is 498 g/mol. The van der Waals surface area contributed by atoms with Gasteiger partial charge in [-0.2, -0.15) is 0 Å². The molecule has 2 N–H and O–H groups in total. The quantitative estimate of drug-likeness (QED) is 0.328. The van der Waals surface area contributed by atoms with Gasteiger partial charge in [-0.25, -0.2) is 4.39 Å². The molecule has 0 radical (unpaired) electrons. The smallest absolute Gasteiger partial charge is 0.174 e. The third-order valence-electron chi connectivity index (χ3n) is 5.56. The Bertz CT molecular complexity index is 1350. The van der Waals surface area contributed by atoms with E-state index in [1.807, 2.05) is 46.0 Å². The summed E-state index contributed by atoms with van der Waals surface area (Å²) in [5.74, 6) is -0.451. The Kier molecular flexibility index (Phi) is 5.70. The number of aromatic nitrogens is 2. The first-order valence-corrected chi connectivity index (χ1v) is 11.2. The van der Waals surface area contributed by atoms with Crippen molar-refractivity contribution in [3.05, 3.63) is 106 Å². The van der Waals surface area contributed by atoms with Gasteiger partial charge in [-0.05, 0) is 72.9 Å². The van der Waals surface area contributed by atoms with Gasteiger partial charge < -0.3 is 19.9 Å². The number of thiocarbonyl (C=S) groups is 1. The molecule has 9 heteroatoms. The first kappa shape index (κ1) is 21.7. The number of rotatable bonds is 4. The summed E-state index contributed by atoms with van der Waals surface area (Å²) in [6, 6.07) is 18.1. The highest BCUT2D eigenvalue weighted by molar-refractivity contribution is 7.80. The molecule has 3 heterocycles.